The normalized spacial score (nSPS) is 23.7. The van der Waals surface area contributed by atoms with Crippen molar-refractivity contribution in [3.63, 3.8) is 0 Å². The van der Waals surface area contributed by atoms with Gasteiger partial charge in [0.05, 0.1) is 19.3 Å². The average molecular weight is 313 g/mol. The molecule has 5 nitrogen and oxygen atoms in total. The number of nitrogens with zero attached hydrogens (tertiary/aromatic N) is 3. The van der Waals surface area contributed by atoms with Crippen LogP contribution in [0.2, 0.25) is 0 Å². The molecule has 2 fully saturated rings. The molecule has 2 saturated heterocycles. The molecule has 1 N–H and O–H groups in total. The lowest BCUT2D eigenvalue weighted by atomic mass is 9.98. The molecule has 2 aliphatic heterocycles. The fraction of sp³-hybridized carbons (Fsp3) is 1.00. The van der Waals surface area contributed by atoms with E-state index in [-0.39, 0.29) is 17.7 Å². The Hall–Kier alpha value is -0.200. The van der Waals surface area contributed by atoms with Crippen LogP contribution in [-0.4, -0.2) is 96.0 Å². The number of hydrogen-bond donors (Lipinski definition) is 1. The predicted octanol–water partition coefficient (Wildman–Crippen LogP) is 0.874. The van der Waals surface area contributed by atoms with E-state index < -0.39 is 0 Å². The Morgan fingerprint density at radius 2 is 1.55 bits per heavy atom. The SMILES string of the molecule is CC(C)(C)N1CC(OCC(C)(C)N2CCN(CCO)CC2)C1. The molecule has 2 heterocycles. The number of hydrogen-bond acceptors (Lipinski definition) is 5. The van der Waals surface area contributed by atoms with Crippen molar-refractivity contribution in [1.29, 1.82) is 0 Å². The summed E-state index contributed by atoms with van der Waals surface area (Å²) in [6.07, 6.45) is 0.397. The van der Waals surface area contributed by atoms with Crippen LogP contribution in [0.4, 0.5) is 0 Å². The molecule has 0 atom stereocenters. The molecule has 0 saturated carbocycles. The highest BCUT2D eigenvalue weighted by atomic mass is 16.5. The number of aliphatic hydroxyl groups is 1. The van der Waals surface area contributed by atoms with Crippen LogP contribution in [0.5, 0.6) is 0 Å². The van der Waals surface area contributed by atoms with E-state index in [1.165, 1.54) is 0 Å². The van der Waals surface area contributed by atoms with Gasteiger partial charge in [0.25, 0.3) is 0 Å². The monoisotopic (exact) mass is 313 g/mol. The van der Waals surface area contributed by atoms with Crippen LogP contribution in [0.25, 0.3) is 0 Å². The van der Waals surface area contributed by atoms with Crippen LogP contribution in [0, 0.1) is 0 Å². The zero-order valence-electron chi connectivity index (χ0n) is 15.1. The number of piperazine rings is 1. The van der Waals surface area contributed by atoms with E-state index in [9.17, 15) is 0 Å². The Labute approximate surface area is 136 Å². The van der Waals surface area contributed by atoms with E-state index in [2.05, 4.69) is 49.3 Å². The van der Waals surface area contributed by atoms with Crippen LogP contribution < -0.4 is 0 Å². The third-order valence-corrected chi connectivity index (χ3v) is 5.11. The Balaban J connectivity index is 1.69. The van der Waals surface area contributed by atoms with Crippen molar-refractivity contribution in [3.8, 4) is 0 Å². The van der Waals surface area contributed by atoms with Gasteiger partial charge in [-0.2, -0.15) is 0 Å². The maximum absolute atomic E-state index is 9.02. The van der Waals surface area contributed by atoms with E-state index in [0.717, 1.165) is 52.4 Å². The van der Waals surface area contributed by atoms with Gasteiger partial charge in [-0.3, -0.25) is 14.7 Å². The van der Waals surface area contributed by atoms with Crippen molar-refractivity contribution in [2.45, 2.75) is 51.8 Å². The number of aliphatic hydroxyl groups excluding tert-OH is 1. The lowest BCUT2D eigenvalue weighted by molar-refractivity contribution is -0.116. The molecule has 0 aromatic rings. The van der Waals surface area contributed by atoms with E-state index in [1.54, 1.807) is 0 Å². The first kappa shape index (κ1) is 18.1. The highest BCUT2D eigenvalue weighted by Crippen LogP contribution is 2.25. The summed E-state index contributed by atoms with van der Waals surface area (Å²) in [7, 11) is 0. The van der Waals surface area contributed by atoms with Crippen LogP contribution in [0.15, 0.2) is 0 Å². The van der Waals surface area contributed by atoms with Gasteiger partial charge in [0.1, 0.15) is 0 Å². The fourth-order valence-corrected chi connectivity index (χ4v) is 3.22. The smallest absolute Gasteiger partial charge is 0.0829 e. The zero-order chi connectivity index (χ0) is 16.4. The van der Waals surface area contributed by atoms with E-state index in [1.807, 2.05) is 0 Å². The third-order valence-electron chi connectivity index (χ3n) is 5.11. The maximum Gasteiger partial charge on any atom is 0.0829 e. The molecule has 0 spiro atoms. The molecule has 0 aromatic carbocycles. The van der Waals surface area contributed by atoms with Gasteiger partial charge >= 0.3 is 0 Å². The van der Waals surface area contributed by atoms with E-state index >= 15 is 0 Å². The molecule has 2 aliphatic rings. The van der Waals surface area contributed by atoms with E-state index in [0.29, 0.717) is 6.10 Å². The van der Waals surface area contributed by atoms with Crippen LogP contribution in [-0.2, 0) is 4.74 Å². The molecule has 0 radical (unpaired) electrons. The quantitative estimate of drug-likeness (QED) is 0.788. The Morgan fingerprint density at radius 1 is 0.955 bits per heavy atom. The molecule has 130 valence electrons. The highest BCUT2D eigenvalue weighted by molar-refractivity contribution is 4.91. The molecule has 22 heavy (non-hydrogen) atoms. The lowest BCUT2D eigenvalue weighted by Crippen LogP contribution is -2.61. The minimum Gasteiger partial charge on any atom is -0.395 e. The molecule has 0 bridgehead atoms. The summed E-state index contributed by atoms with van der Waals surface area (Å²) in [5.74, 6) is 0. The summed E-state index contributed by atoms with van der Waals surface area (Å²) < 4.78 is 6.16. The van der Waals surface area contributed by atoms with Gasteiger partial charge in [-0.1, -0.05) is 0 Å². The first-order chi connectivity index (χ1) is 10.2. The van der Waals surface area contributed by atoms with Crippen LogP contribution >= 0.6 is 0 Å². The summed E-state index contributed by atoms with van der Waals surface area (Å²) in [6.45, 7) is 19.6. The molecule has 0 aromatic heterocycles. The van der Waals surface area contributed by atoms with Gasteiger partial charge in [-0.15, -0.1) is 0 Å². The Kier molecular flexibility index (Phi) is 5.89. The largest absolute Gasteiger partial charge is 0.395 e. The van der Waals surface area contributed by atoms with Crippen molar-refractivity contribution in [3.05, 3.63) is 0 Å². The minimum atomic E-state index is 0.0907. The van der Waals surface area contributed by atoms with E-state index in [4.69, 9.17) is 9.84 Å². The number of rotatable bonds is 6. The van der Waals surface area contributed by atoms with Gasteiger partial charge in [-0.05, 0) is 34.6 Å². The maximum atomic E-state index is 9.02. The summed E-state index contributed by atoms with van der Waals surface area (Å²) in [5, 5.41) is 9.02. The molecule has 5 heteroatoms. The molecular formula is C17H35N3O2. The second-order valence-corrected chi connectivity index (χ2v) is 8.37. The molecule has 0 amide bonds. The van der Waals surface area contributed by atoms with Gasteiger partial charge in [0.2, 0.25) is 0 Å². The first-order valence-corrected chi connectivity index (χ1v) is 8.67. The Bertz CT molecular complexity index is 340. The van der Waals surface area contributed by atoms with Gasteiger partial charge in [0, 0.05) is 56.9 Å². The van der Waals surface area contributed by atoms with Crippen molar-refractivity contribution < 1.29 is 9.84 Å². The summed E-state index contributed by atoms with van der Waals surface area (Å²) >= 11 is 0. The van der Waals surface area contributed by atoms with Crippen molar-refractivity contribution >= 4 is 0 Å². The van der Waals surface area contributed by atoms with Crippen molar-refractivity contribution in [2.24, 2.45) is 0 Å². The van der Waals surface area contributed by atoms with Crippen LogP contribution in [0.3, 0.4) is 0 Å². The Morgan fingerprint density at radius 3 is 2.05 bits per heavy atom. The molecule has 0 aliphatic carbocycles. The second kappa shape index (κ2) is 7.14. The molecule has 2 rings (SSSR count). The van der Waals surface area contributed by atoms with Crippen molar-refractivity contribution in [2.75, 3.05) is 59.0 Å². The predicted molar refractivity (Wildman–Crippen MR) is 90.2 cm³/mol. The lowest BCUT2D eigenvalue weighted by Gasteiger charge is -2.49. The number of β-amino-alcohol motifs (C(OH)–C–C–N with tert-alkyl or cyclic N) is 1. The van der Waals surface area contributed by atoms with Crippen molar-refractivity contribution in [1.82, 2.24) is 14.7 Å². The minimum absolute atomic E-state index is 0.0907. The standard InChI is InChI=1S/C17H35N3O2/c1-16(2,3)20-12-15(13-20)22-14-17(4,5)19-8-6-18(7-9-19)10-11-21/h15,21H,6-14H2,1-5H3. The van der Waals surface area contributed by atoms with Gasteiger partial charge < -0.3 is 9.84 Å². The number of likely N-dealkylation sites (tertiary alicyclic amines) is 1. The molecule has 0 unspecified atom stereocenters. The zero-order valence-corrected chi connectivity index (χ0v) is 15.1. The first-order valence-electron chi connectivity index (χ1n) is 8.67. The summed E-state index contributed by atoms with van der Waals surface area (Å²) in [6, 6.07) is 0. The number of ether oxygens (including phenoxy) is 1. The summed E-state index contributed by atoms with van der Waals surface area (Å²) in [4.78, 5) is 7.33. The highest BCUT2D eigenvalue weighted by Gasteiger charge is 2.37. The van der Waals surface area contributed by atoms with Gasteiger partial charge in [0.15, 0.2) is 0 Å². The summed E-state index contributed by atoms with van der Waals surface area (Å²) in [5.41, 5.74) is 0.353. The topological polar surface area (TPSA) is 39.2 Å². The third kappa shape index (κ3) is 4.65. The average Bonchev–Trinajstić information content (AvgIpc) is 2.36. The second-order valence-electron chi connectivity index (χ2n) is 8.37. The van der Waals surface area contributed by atoms with Gasteiger partial charge in [-0.25, -0.2) is 0 Å². The van der Waals surface area contributed by atoms with Crippen LogP contribution in [0.1, 0.15) is 34.6 Å². The fourth-order valence-electron chi connectivity index (χ4n) is 3.22. The molecular weight excluding hydrogens is 278 g/mol.